The van der Waals surface area contributed by atoms with E-state index in [9.17, 15) is 0 Å². The number of nitrogens with zero attached hydrogens (tertiary/aromatic N) is 2. The van der Waals surface area contributed by atoms with Crippen LogP contribution in [-0.4, -0.2) is 38.4 Å². The van der Waals surface area contributed by atoms with Gasteiger partial charge in [-0.05, 0) is 60.7 Å². The zero-order valence-electron chi connectivity index (χ0n) is 21.4. The van der Waals surface area contributed by atoms with Crippen molar-refractivity contribution in [2.75, 3.05) is 28.4 Å². The molecule has 8 heteroatoms. The zero-order chi connectivity index (χ0) is 26.5. The van der Waals surface area contributed by atoms with Gasteiger partial charge in [0.15, 0.2) is 23.0 Å². The summed E-state index contributed by atoms with van der Waals surface area (Å²) in [4.78, 5) is 9.27. The molecule has 0 spiro atoms. The first-order valence-corrected chi connectivity index (χ1v) is 13.4. The van der Waals surface area contributed by atoms with Crippen LogP contribution in [0.1, 0.15) is 0 Å². The summed E-state index contributed by atoms with van der Waals surface area (Å²) >= 11 is 3.35. The second kappa shape index (κ2) is 11.5. The standard InChI is InChI=1S/2C15H13NO2S/c2*1-17-12-8-7-10(9-13(12)18-2)15-16-11-5-3-4-6-14(11)19-15/h2*3-9H,1-2H3. The first kappa shape index (κ1) is 25.5. The first-order valence-electron chi connectivity index (χ1n) is 11.8. The summed E-state index contributed by atoms with van der Waals surface area (Å²) < 4.78 is 23.5. The highest BCUT2D eigenvalue weighted by Gasteiger charge is 2.11. The van der Waals surface area contributed by atoms with E-state index in [1.54, 1.807) is 51.1 Å². The Morgan fingerprint density at radius 1 is 0.474 bits per heavy atom. The molecule has 0 amide bonds. The molecule has 4 aromatic carbocycles. The lowest BCUT2D eigenvalue weighted by molar-refractivity contribution is 0.355. The van der Waals surface area contributed by atoms with Gasteiger partial charge >= 0.3 is 0 Å². The molecule has 0 N–H and O–H groups in total. The Morgan fingerprint density at radius 3 is 1.24 bits per heavy atom. The predicted molar refractivity (Wildman–Crippen MR) is 156 cm³/mol. The number of hydrogen-bond acceptors (Lipinski definition) is 8. The largest absolute Gasteiger partial charge is 0.493 e. The van der Waals surface area contributed by atoms with Crippen LogP contribution in [0.5, 0.6) is 23.0 Å². The summed E-state index contributed by atoms with van der Waals surface area (Å²) in [7, 11) is 6.55. The van der Waals surface area contributed by atoms with E-state index in [0.717, 1.165) is 55.2 Å². The van der Waals surface area contributed by atoms with Gasteiger partial charge in [0.25, 0.3) is 0 Å². The van der Waals surface area contributed by atoms with Crippen LogP contribution >= 0.6 is 22.7 Å². The number of rotatable bonds is 6. The molecule has 2 heterocycles. The molecule has 38 heavy (non-hydrogen) atoms. The van der Waals surface area contributed by atoms with Crippen LogP contribution < -0.4 is 18.9 Å². The number of aromatic nitrogens is 2. The van der Waals surface area contributed by atoms with E-state index in [1.807, 2.05) is 72.8 Å². The van der Waals surface area contributed by atoms with Gasteiger partial charge in [0.1, 0.15) is 10.0 Å². The molecule has 0 aliphatic rings. The highest BCUT2D eigenvalue weighted by Crippen LogP contribution is 2.37. The molecule has 192 valence electrons. The van der Waals surface area contributed by atoms with Gasteiger partial charge < -0.3 is 18.9 Å². The van der Waals surface area contributed by atoms with Crippen LogP contribution in [0, 0.1) is 0 Å². The lowest BCUT2D eigenvalue weighted by atomic mass is 10.2. The minimum atomic E-state index is 0.722. The summed E-state index contributed by atoms with van der Waals surface area (Å²) in [6.45, 7) is 0. The van der Waals surface area contributed by atoms with Crippen molar-refractivity contribution in [3.63, 3.8) is 0 Å². The van der Waals surface area contributed by atoms with Crippen LogP contribution in [-0.2, 0) is 0 Å². The van der Waals surface area contributed by atoms with Gasteiger partial charge in [-0.3, -0.25) is 0 Å². The zero-order valence-corrected chi connectivity index (χ0v) is 23.1. The fourth-order valence-corrected chi connectivity index (χ4v) is 5.85. The number of thiazole rings is 2. The molecule has 6 aromatic rings. The maximum absolute atomic E-state index is 5.32. The van der Waals surface area contributed by atoms with Crippen molar-refractivity contribution in [1.29, 1.82) is 0 Å². The molecule has 6 nitrogen and oxygen atoms in total. The van der Waals surface area contributed by atoms with Crippen LogP contribution in [0.4, 0.5) is 0 Å². The fraction of sp³-hybridized carbons (Fsp3) is 0.133. The Labute approximate surface area is 229 Å². The highest BCUT2D eigenvalue weighted by atomic mass is 32.1. The third-order valence-electron chi connectivity index (χ3n) is 5.85. The number of benzene rings is 4. The molecule has 0 radical (unpaired) electrons. The second-order valence-corrected chi connectivity index (χ2v) is 10.2. The van der Waals surface area contributed by atoms with Crippen molar-refractivity contribution in [3.8, 4) is 44.1 Å². The maximum atomic E-state index is 5.32. The van der Waals surface area contributed by atoms with Gasteiger partial charge in [0, 0.05) is 11.1 Å². The quantitative estimate of drug-likeness (QED) is 0.213. The average Bonchev–Trinajstić information content (AvgIpc) is 3.61. The van der Waals surface area contributed by atoms with Gasteiger partial charge in [0.05, 0.1) is 48.9 Å². The SMILES string of the molecule is COc1ccc(-c2nc3ccccc3s2)cc1OC.COc1ccc(-c2nc3ccccc3s2)cc1OC. The summed E-state index contributed by atoms with van der Waals surface area (Å²) in [5.41, 5.74) is 4.13. The van der Waals surface area contributed by atoms with Crippen LogP contribution in [0.2, 0.25) is 0 Å². The maximum Gasteiger partial charge on any atom is 0.161 e. The first-order chi connectivity index (χ1) is 18.6. The minimum absolute atomic E-state index is 0.722. The second-order valence-electron chi connectivity index (χ2n) is 8.11. The van der Waals surface area contributed by atoms with E-state index >= 15 is 0 Å². The van der Waals surface area contributed by atoms with Crippen molar-refractivity contribution in [1.82, 2.24) is 9.97 Å². The topological polar surface area (TPSA) is 62.7 Å². The molecule has 6 rings (SSSR count). The molecule has 0 aliphatic carbocycles. The van der Waals surface area contributed by atoms with Gasteiger partial charge in [-0.15, -0.1) is 22.7 Å². The third kappa shape index (κ3) is 5.27. The molecule has 2 aromatic heterocycles. The van der Waals surface area contributed by atoms with Crippen LogP contribution in [0.25, 0.3) is 41.6 Å². The summed E-state index contributed by atoms with van der Waals surface area (Å²) in [6.07, 6.45) is 0. The molecule has 0 bridgehead atoms. The monoisotopic (exact) mass is 542 g/mol. The van der Waals surface area contributed by atoms with Crippen molar-refractivity contribution in [3.05, 3.63) is 84.9 Å². The van der Waals surface area contributed by atoms with E-state index in [1.165, 1.54) is 9.40 Å². The molecular formula is C30H26N2O4S2. The molecule has 0 atom stereocenters. The molecular weight excluding hydrogens is 516 g/mol. The van der Waals surface area contributed by atoms with Crippen LogP contribution in [0.15, 0.2) is 84.9 Å². The van der Waals surface area contributed by atoms with Gasteiger partial charge in [-0.2, -0.15) is 0 Å². The number of hydrogen-bond donors (Lipinski definition) is 0. The Hall–Kier alpha value is -4.14. The molecule has 0 saturated heterocycles. The van der Waals surface area contributed by atoms with E-state index < -0.39 is 0 Å². The molecule has 0 fully saturated rings. The lowest BCUT2D eigenvalue weighted by Crippen LogP contribution is -1.90. The smallest absolute Gasteiger partial charge is 0.161 e. The van der Waals surface area contributed by atoms with Crippen molar-refractivity contribution < 1.29 is 18.9 Å². The van der Waals surface area contributed by atoms with Crippen molar-refractivity contribution in [2.24, 2.45) is 0 Å². The lowest BCUT2D eigenvalue weighted by Gasteiger charge is -2.08. The normalized spacial score (nSPS) is 10.6. The van der Waals surface area contributed by atoms with Gasteiger partial charge in [0.2, 0.25) is 0 Å². The third-order valence-corrected chi connectivity index (χ3v) is 8.02. The average molecular weight is 543 g/mol. The Balaban J connectivity index is 0.000000155. The van der Waals surface area contributed by atoms with Crippen molar-refractivity contribution >= 4 is 43.1 Å². The highest BCUT2D eigenvalue weighted by molar-refractivity contribution is 7.22. The number of ether oxygens (including phenoxy) is 4. The summed E-state index contributed by atoms with van der Waals surface area (Å²) in [6, 6.07) is 28.0. The summed E-state index contributed by atoms with van der Waals surface area (Å²) in [5, 5.41) is 1.98. The van der Waals surface area contributed by atoms with Gasteiger partial charge in [-0.25, -0.2) is 9.97 Å². The number of fused-ring (bicyclic) bond motifs is 2. The summed E-state index contributed by atoms with van der Waals surface area (Å²) in [5.74, 6) is 2.90. The molecule has 0 saturated carbocycles. The number of methoxy groups -OCH3 is 4. The fourth-order valence-electron chi connectivity index (χ4n) is 3.93. The van der Waals surface area contributed by atoms with E-state index in [-0.39, 0.29) is 0 Å². The Kier molecular flexibility index (Phi) is 7.72. The Bertz CT molecular complexity index is 1500. The van der Waals surface area contributed by atoms with Crippen LogP contribution in [0.3, 0.4) is 0 Å². The van der Waals surface area contributed by atoms with E-state index in [0.29, 0.717) is 0 Å². The van der Waals surface area contributed by atoms with Crippen molar-refractivity contribution in [2.45, 2.75) is 0 Å². The Morgan fingerprint density at radius 2 is 0.868 bits per heavy atom. The minimum Gasteiger partial charge on any atom is -0.493 e. The van der Waals surface area contributed by atoms with E-state index in [2.05, 4.69) is 22.1 Å². The predicted octanol–water partition coefficient (Wildman–Crippen LogP) is 7.96. The molecule has 0 aliphatic heterocycles. The van der Waals surface area contributed by atoms with Gasteiger partial charge in [-0.1, -0.05) is 24.3 Å². The number of para-hydroxylation sites is 2. The molecule has 0 unspecified atom stereocenters. The van der Waals surface area contributed by atoms with E-state index in [4.69, 9.17) is 18.9 Å².